The smallest absolute Gasteiger partial charge is 0.225 e. The fourth-order valence-electron chi connectivity index (χ4n) is 4.83. The number of aliphatic imine (C=N–C) groups is 1. The molecule has 31 heavy (non-hydrogen) atoms. The van der Waals surface area contributed by atoms with Gasteiger partial charge in [-0.25, -0.2) is 0 Å². The van der Waals surface area contributed by atoms with Crippen LogP contribution < -0.4 is 10.6 Å². The second-order valence-corrected chi connectivity index (χ2v) is 10.1. The van der Waals surface area contributed by atoms with Crippen molar-refractivity contribution in [2.75, 3.05) is 44.3 Å². The lowest BCUT2D eigenvalue weighted by Crippen LogP contribution is -2.47. The molecule has 0 bridgehead atoms. The van der Waals surface area contributed by atoms with Crippen molar-refractivity contribution < 1.29 is 9.53 Å². The summed E-state index contributed by atoms with van der Waals surface area (Å²) < 4.78 is 6.07. The first kappa shape index (κ1) is 27.0. The highest BCUT2D eigenvalue weighted by molar-refractivity contribution is 14.0. The van der Waals surface area contributed by atoms with Gasteiger partial charge in [-0.2, -0.15) is 11.8 Å². The molecule has 0 aromatic heterocycles. The van der Waals surface area contributed by atoms with E-state index in [0.717, 1.165) is 62.8 Å². The molecule has 2 aliphatic carbocycles. The maximum absolute atomic E-state index is 12.8. The molecule has 2 saturated carbocycles. The van der Waals surface area contributed by atoms with Crippen LogP contribution in [0.1, 0.15) is 71.1 Å². The van der Waals surface area contributed by atoms with Gasteiger partial charge >= 0.3 is 0 Å². The summed E-state index contributed by atoms with van der Waals surface area (Å²) in [4.78, 5) is 19.6. The van der Waals surface area contributed by atoms with Gasteiger partial charge in [0, 0.05) is 43.1 Å². The van der Waals surface area contributed by atoms with Crippen LogP contribution in [-0.4, -0.2) is 73.2 Å². The monoisotopic (exact) mass is 566 g/mol. The van der Waals surface area contributed by atoms with Gasteiger partial charge in [-0.1, -0.05) is 25.7 Å². The van der Waals surface area contributed by atoms with Crippen LogP contribution in [0.25, 0.3) is 0 Å². The summed E-state index contributed by atoms with van der Waals surface area (Å²) in [6, 6.07) is 0.409. The Morgan fingerprint density at radius 2 is 1.71 bits per heavy atom. The van der Waals surface area contributed by atoms with Crippen LogP contribution in [-0.2, 0) is 9.53 Å². The highest BCUT2D eigenvalue weighted by Crippen LogP contribution is 2.27. The molecule has 0 aromatic carbocycles. The lowest BCUT2D eigenvalue weighted by molar-refractivity contribution is -0.136. The molecule has 8 heteroatoms. The molecule has 0 atom stereocenters. The number of carbonyl (C=O) groups is 1. The Morgan fingerprint density at radius 3 is 2.35 bits per heavy atom. The number of hydrogen-bond donors (Lipinski definition) is 2. The summed E-state index contributed by atoms with van der Waals surface area (Å²) in [5.41, 5.74) is 0. The van der Waals surface area contributed by atoms with Gasteiger partial charge in [-0.3, -0.25) is 9.79 Å². The highest BCUT2D eigenvalue weighted by atomic mass is 127. The number of guanidine groups is 1. The third kappa shape index (κ3) is 9.66. The summed E-state index contributed by atoms with van der Waals surface area (Å²) in [5.74, 6) is 3.69. The minimum atomic E-state index is 0. The molecule has 180 valence electrons. The van der Waals surface area contributed by atoms with E-state index in [1.807, 2.05) is 11.8 Å². The van der Waals surface area contributed by atoms with Crippen LogP contribution >= 0.6 is 35.7 Å². The zero-order valence-electron chi connectivity index (χ0n) is 19.3. The van der Waals surface area contributed by atoms with E-state index in [1.165, 1.54) is 38.5 Å². The molecule has 1 saturated heterocycles. The normalized spacial score (nSPS) is 26.0. The molecule has 0 aromatic rings. The number of hydrogen-bond acceptors (Lipinski definition) is 4. The molecule has 2 N–H and O–H groups in total. The molecule has 3 aliphatic rings. The first-order valence-corrected chi connectivity index (χ1v) is 13.4. The Kier molecular flexibility index (Phi) is 13.6. The van der Waals surface area contributed by atoms with Gasteiger partial charge in [0.25, 0.3) is 0 Å². The van der Waals surface area contributed by atoms with Crippen molar-refractivity contribution in [1.29, 1.82) is 0 Å². The number of thioether (sulfide) groups is 1. The molecule has 0 spiro atoms. The molecular formula is C23H43IN4O2S. The van der Waals surface area contributed by atoms with Crippen molar-refractivity contribution in [2.45, 2.75) is 83.3 Å². The maximum atomic E-state index is 12.8. The van der Waals surface area contributed by atoms with Crippen LogP contribution in [0, 0.1) is 5.92 Å². The minimum Gasteiger partial charge on any atom is -0.376 e. The van der Waals surface area contributed by atoms with Gasteiger partial charge in [0.2, 0.25) is 5.91 Å². The van der Waals surface area contributed by atoms with Crippen LogP contribution in [0.4, 0.5) is 0 Å². The molecule has 3 fully saturated rings. The number of rotatable bonds is 7. The Labute approximate surface area is 210 Å². The van der Waals surface area contributed by atoms with E-state index in [-0.39, 0.29) is 29.9 Å². The summed E-state index contributed by atoms with van der Waals surface area (Å²) in [5, 5.41) is 6.97. The highest BCUT2D eigenvalue weighted by Gasteiger charge is 2.30. The first-order valence-electron chi connectivity index (χ1n) is 12.3. The van der Waals surface area contributed by atoms with Gasteiger partial charge in [-0.15, -0.1) is 24.0 Å². The van der Waals surface area contributed by atoms with Crippen LogP contribution in [0.2, 0.25) is 0 Å². The third-order valence-corrected chi connectivity index (χ3v) is 7.54. The van der Waals surface area contributed by atoms with E-state index in [9.17, 15) is 4.79 Å². The van der Waals surface area contributed by atoms with Crippen molar-refractivity contribution in [1.82, 2.24) is 15.5 Å². The Bertz CT molecular complexity index is 530. The van der Waals surface area contributed by atoms with E-state index in [4.69, 9.17) is 9.73 Å². The van der Waals surface area contributed by atoms with E-state index < -0.39 is 0 Å². The SMILES string of the molecule is CCNC(=NCCOC1CCCCCC1)NC1CCC(C(=O)N2CCSCC2)CC1.I. The Balaban J connectivity index is 0.00000341. The van der Waals surface area contributed by atoms with E-state index in [1.54, 1.807) is 0 Å². The van der Waals surface area contributed by atoms with Crippen molar-refractivity contribution in [3.05, 3.63) is 0 Å². The molecule has 0 radical (unpaired) electrons. The minimum absolute atomic E-state index is 0. The Hall–Kier alpha value is -0.220. The summed E-state index contributed by atoms with van der Waals surface area (Å²) in [6.45, 7) is 6.23. The first-order chi connectivity index (χ1) is 14.8. The molecule has 3 rings (SSSR count). The molecule has 6 nitrogen and oxygen atoms in total. The number of ether oxygens (including phenoxy) is 1. The van der Waals surface area contributed by atoms with Gasteiger partial charge in [0.15, 0.2) is 5.96 Å². The fraction of sp³-hybridized carbons (Fsp3) is 0.913. The lowest BCUT2D eigenvalue weighted by atomic mass is 9.85. The maximum Gasteiger partial charge on any atom is 0.225 e. The number of amides is 1. The van der Waals surface area contributed by atoms with Gasteiger partial charge in [0.05, 0.1) is 19.3 Å². The average molecular weight is 567 g/mol. The molecule has 1 heterocycles. The van der Waals surface area contributed by atoms with Gasteiger partial charge < -0.3 is 20.3 Å². The summed E-state index contributed by atoms with van der Waals surface area (Å²) in [6.07, 6.45) is 12.2. The largest absolute Gasteiger partial charge is 0.376 e. The lowest BCUT2D eigenvalue weighted by Gasteiger charge is -2.34. The summed E-state index contributed by atoms with van der Waals surface area (Å²) in [7, 11) is 0. The van der Waals surface area contributed by atoms with E-state index >= 15 is 0 Å². The second kappa shape index (κ2) is 15.6. The van der Waals surface area contributed by atoms with Crippen molar-refractivity contribution in [3.8, 4) is 0 Å². The molecule has 1 aliphatic heterocycles. The predicted octanol–water partition coefficient (Wildman–Crippen LogP) is 4.03. The van der Waals surface area contributed by atoms with Crippen molar-refractivity contribution in [3.63, 3.8) is 0 Å². The van der Waals surface area contributed by atoms with E-state index in [0.29, 0.717) is 31.2 Å². The number of nitrogens with zero attached hydrogens (tertiary/aromatic N) is 2. The number of carbonyl (C=O) groups excluding carboxylic acids is 1. The van der Waals surface area contributed by atoms with E-state index in [2.05, 4.69) is 22.5 Å². The molecule has 0 unspecified atom stereocenters. The van der Waals surface area contributed by atoms with Crippen LogP contribution in [0.5, 0.6) is 0 Å². The topological polar surface area (TPSA) is 66.0 Å². The third-order valence-electron chi connectivity index (χ3n) is 6.60. The van der Waals surface area contributed by atoms with Gasteiger partial charge in [-0.05, 0) is 45.4 Å². The second-order valence-electron chi connectivity index (χ2n) is 8.88. The number of nitrogens with one attached hydrogen (secondary N) is 2. The zero-order valence-corrected chi connectivity index (χ0v) is 22.4. The fourth-order valence-corrected chi connectivity index (χ4v) is 5.73. The van der Waals surface area contributed by atoms with Crippen LogP contribution in [0.3, 0.4) is 0 Å². The standard InChI is InChI=1S/C23H42N4O2S.HI/c1-2-24-23(25-13-16-29-21-7-5-3-4-6-8-21)26-20-11-9-19(10-12-20)22(28)27-14-17-30-18-15-27;/h19-21H,2-18H2,1H3,(H2,24,25,26);1H. The van der Waals surface area contributed by atoms with Crippen LogP contribution in [0.15, 0.2) is 4.99 Å². The molecule has 1 amide bonds. The number of halogens is 1. The predicted molar refractivity (Wildman–Crippen MR) is 142 cm³/mol. The zero-order chi connectivity index (χ0) is 21.0. The van der Waals surface area contributed by atoms with Gasteiger partial charge in [0.1, 0.15) is 0 Å². The van der Waals surface area contributed by atoms with Crippen molar-refractivity contribution in [2.24, 2.45) is 10.9 Å². The molecular weight excluding hydrogens is 523 g/mol. The average Bonchev–Trinajstić information content (AvgIpc) is 3.06. The summed E-state index contributed by atoms with van der Waals surface area (Å²) >= 11 is 1.96. The quantitative estimate of drug-likeness (QED) is 0.160. The van der Waals surface area contributed by atoms with Crippen molar-refractivity contribution >= 4 is 47.6 Å². The Morgan fingerprint density at radius 1 is 1.03 bits per heavy atom.